The summed E-state index contributed by atoms with van der Waals surface area (Å²) in [6.07, 6.45) is 3.91. The van der Waals surface area contributed by atoms with Crippen molar-refractivity contribution in [3.05, 3.63) is 27.8 Å². The first-order valence-electron chi connectivity index (χ1n) is 6.75. The molecule has 1 aromatic rings. The number of amides is 1. The third kappa shape index (κ3) is 2.80. The lowest BCUT2D eigenvalue weighted by atomic mass is 10.0. The van der Waals surface area contributed by atoms with E-state index in [2.05, 4.69) is 5.32 Å². The third-order valence-corrected chi connectivity index (χ3v) is 4.40. The molecule has 2 N–H and O–H groups in total. The number of nitrogens with one attached hydrogen (secondary N) is 1. The van der Waals surface area contributed by atoms with Gasteiger partial charge in [-0.1, -0.05) is 24.4 Å². The Morgan fingerprint density at radius 3 is 2.45 bits per heavy atom. The lowest BCUT2D eigenvalue weighted by Gasteiger charge is -2.17. The largest absolute Gasteiger partial charge is 0.478 e. The van der Waals surface area contributed by atoms with Gasteiger partial charge in [0.25, 0.3) is 0 Å². The molecule has 1 aliphatic rings. The standard InChI is InChI=1S/C15H18ClNO3/c1-8-7-11(15(19)20)9(2)13(12(8)16)17-14(18)10-5-3-4-6-10/h7,10H,3-6H2,1-2H3,(H,17,18)(H,19,20). The zero-order chi connectivity index (χ0) is 14.9. The average Bonchev–Trinajstić information content (AvgIpc) is 2.92. The Hall–Kier alpha value is -1.55. The summed E-state index contributed by atoms with van der Waals surface area (Å²) in [5.74, 6) is -1.06. The Bertz CT molecular complexity index is 563. The van der Waals surface area contributed by atoms with E-state index >= 15 is 0 Å². The van der Waals surface area contributed by atoms with Gasteiger partial charge >= 0.3 is 5.97 Å². The minimum atomic E-state index is -1.02. The van der Waals surface area contributed by atoms with Gasteiger partial charge in [-0.25, -0.2) is 4.79 Å². The summed E-state index contributed by atoms with van der Waals surface area (Å²) >= 11 is 6.22. The fourth-order valence-electron chi connectivity index (χ4n) is 2.67. The van der Waals surface area contributed by atoms with Crippen LogP contribution in [0.1, 0.15) is 47.2 Å². The quantitative estimate of drug-likeness (QED) is 0.891. The summed E-state index contributed by atoms with van der Waals surface area (Å²) in [5.41, 5.74) is 1.76. The van der Waals surface area contributed by atoms with Gasteiger partial charge in [-0.2, -0.15) is 0 Å². The predicted molar refractivity (Wildman–Crippen MR) is 78.5 cm³/mol. The van der Waals surface area contributed by atoms with Crippen LogP contribution in [-0.4, -0.2) is 17.0 Å². The van der Waals surface area contributed by atoms with Crippen LogP contribution in [0.25, 0.3) is 0 Å². The van der Waals surface area contributed by atoms with Crippen LogP contribution in [0.15, 0.2) is 6.07 Å². The van der Waals surface area contributed by atoms with Gasteiger partial charge < -0.3 is 10.4 Å². The highest BCUT2D eigenvalue weighted by Gasteiger charge is 2.25. The van der Waals surface area contributed by atoms with Gasteiger partial charge in [0.05, 0.1) is 16.3 Å². The molecule has 0 saturated heterocycles. The summed E-state index contributed by atoms with van der Waals surface area (Å²) in [6, 6.07) is 1.53. The smallest absolute Gasteiger partial charge is 0.336 e. The second-order valence-electron chi connectivity index (χ2n) is 5.33. The summed E-state index contributed by atoms with van der Waals surface area (Å²) in [5, 5.41) is 12.4. The monoisotopic (exact) mass is 295 g/mol. The number of halogens is 1. The topological polar surface area (TPSA) is 66.4 Å². The van der Waals surface area contributed by atoms with E-state index in [4.69, 9.17) is 11.6 Å². The van der Waals surface area contributed by atoms with Gasteiger partial charge in [0.2, 0.25) is 5.91 Å². The van der Waals surface area contributed by atoms with Gasteiger partial charge in [-0.3, -0.25) is 4.79 Å². The van der Waals surface area contributed by atoms with Crippen molar-refractivity contribution in [1.82, 2.24) is 0 Å². The van der Waals surface area contributed by atoms with Crippen molar-refractivity contribution < 1.29 is 14.7 Å². The van der Waals surface area contributed by atoms with Gasteiger partial charge in [0.15, 0.2) is 0 Å². The van der Waals surface area contributed by atoms with Crippen LogP contribution in [0.4, 0.5) is 5.69 Å². The normalized spacial score (nSPS) is 15.3. The Balaban J connectivity index is 2.35. The van der Waals surface area contributed by atoms with Crippen LogP contribution in [0, 0.1) is 19.8 Å². The molecule has 108 valence electrons. The third-order valence-electron chi connectivity index (χ3n) is 3.91. The van der Waals surface area contributed by atoms with E-state index in [9.17, 15) is 14.7 Å². The van der Waals surface area contributed by atoms with Crippen molar-refractivity contribution in [2.45, 2.75) is 39.5 Å². The maximum absolute atomic E-state index is 12.2. The zero-order valence-corrected chi connectivity index (χ0v) is 12.4. The molecular formula is C15H18ClNO3. The summed E-state index contributed by atoms with van der Waals surface area (Å²) in [6.45, 7) is 3.40. The van der Waals surface area contributed by atoms with Crippen molar-refractivity contribution in [1.29, 1.82) is 0 Å². The average molecular weight is 296 g/mol. The molecule has 5 heteroatoms. The fraction of sp³-hybridized carbons (Fsp3) is 0.467. The van der Waals surface area contributed by atoms with Crippen molar-refractivity contribution >= 4 is 29.2 Å². The molecule has 0 aliphatic heterocycles. The van der Waals surface area contributed by atoms with Gasteiger partial charge in [-0.05, 0) is 43.9 Å². The van der Waals surface area contributed by atoms with Crippen LogP contribution in [0.3, 0.4) is 0 Å². The first-order valence-corrected chi connectivity index (χ1v) is 7.13. The first-order chi connectivity index (χ1) is 9.41. The highest BCUT2D eigenvalue weighted by Crippen LogP contribution is 2.34. The van der Waals surface area contributed by atoms with E-state index in [0.29, 0.717) is 21.8 Å². The molecule has 1 saturated carbocycles. The van der Waals surface area contributed by atoms with E-state index in [1.165, 1.54) is 6.07 Å². The minimum absolute atomic E-state index is 0.0132. The molecule has 1 amide bonds. The van der Waals surface area contributed by atoms with E-state index in [1.807, 2.05) is 0 Å². The van der Waals surface area contributed by atoms with Gasteiger partial charge in [-0.15, -0.1) is 0 Å². The fourth-order valence-corrected chi connectivity index (χ4v) is 2.91. The van der Waals surface area contributed by atoms with Crippen molar-refractivity contribution in [3.8, 4) is 0 Å². The Kier molecular flexibility index (Phi) is 4.33. The highest BCUT2D eigenvalue weighted by molar-refractivity contribution is 6.35. The molecule has 0 bridgehead atoms. The Labute approximate surface area is 123 Å². The number of aryl methyl sites for hydroxylation is 1. The second-order valence-corrected chi connectivity index (χ2v) is 5.71. The molecule has 20 heavy (non-hydrogen) atoms. The molecule has 0 heterocycles. The van der Waals surface area contributed by atoms with Crippen LogP contribution < -0.4 is 5.32 Å². The predicted octanol–water partition coefficient (Wildman–Crippen LogP) is 3.78. The van der Waals surface area contributed by atoms with E-state index in [-0.39, 0.29) is 17.4 Å². The molecule has 0 aromatic heterocycles. The Morgan fingerprint density at radius 2 is 1.90 bits per heavy atom. The summed E-state index contributed by atoms with van der Waals surface area (Å²) in [4.78, 5) is 23.4. The number of anilines is 1. The summed E-state index contributed by atoms with van der Waals surface area (Å²) in [7, 11) is 0. The molecular weight excluding hydrogens is 278 g/mol. The first kappa shape index (κ1) is 14.9. The van der Waals surface area contributed by atoms with Crippen LogP contribution in [0.2, 0.25) is 5.02 Å². The van der Waals surface area contributed by atoms with Crippen LogP contribution in [-0.2, 0) is 4.79 Å². The van der Waals surface area contributed by atoms with E-state index in [0.717, 1.165) is 25.7 Å². The number of hydrogen-bond donors (Lipinski definition) is 2. The van der Waals surface area contributed by atoms with Crippen LogP contribution in [0.5, 0.6) is 0 Å². The van der Waals surface area contributed by atoms with Crippen molar-refractivity contribution in [2.24, 2.45) is 5.92 Å². The number of benzene rings is 1. The molecule has 2 rings (SSSR count). The molecule has 1 aromatic carbocycles. The highest BCUT2D eigenvalue weighted by atomic mass is 35.5. The SMILES string of the molecule is Cc1cc(C(=O)O)c(C)c(NC(=O)C2CCCC2)c1Cl. The molecule has 1 fully saturated rings. The number of aromatic carboxylic acids is 1. The molecule has 4 nitrogen and oxygen atoms in total. The number of rotatable bonds is 3. The molecule has 1 aliphatic carbocycles. The van der Waals surface area contributed by atoms with Gasteiger partial charge in [0, 0.05) is 5.92 Å². The van der Waals surface area contributed by atoms with Crippen LogP contribution >= 0.6 is 11.6 Å². The zero-order valence-electron chi connectivity index (χ0n) is 11.6. The maximum atomic E-state index is 12.2. The van der Waals surface area contributed by atoms with Crippen molar-refractivity contribution in [3.63, 3.8) is 0 Å². The number of carbonyl (C=O) groups is 2. The molecule has 0 unspecified atom stereocenters. The summed E-state index contributed by atoms with van der Waals surface area (Å²) < 4.78 is 0. The maximum Gasteiger partial charge on any atom is 0.336 e. The lowest BCUT2D eigenvalue weighted by molar-refractivity contribution is -0.119. The number of carboxylic acid groups (broad SMARTS) is 1. The second kappa shape index (κ2) is 5.83. The lowest BCUT2D eigenvalue weighted by Crippen LogP contribution is -2.21. The molecule has 0 radical (unpaired) electrons. The molecule has 0 spiro atoms. The Morgan fingerprint density at radius 1 is 1.30 bits per heavy atom. The number of hydrogen-bond acceptors (Lipinski definition) is 2. The molecule has 0 atom stereocenters. The van der Waals surface area contributed by atoms with Gasteiger partial charge in [0.1, 0.15) is 0 Å². The van der Waals surface area contributed by atoms with E-state index < -0.39 is 5.97 Å². The van der Waals surface area contributed by atoms with Crippen molar-refractivity contribution in [2.75, 3.05) is 5.32 Å². The number of carboxylic acids is 1. The number of carbonyl (C=O) groups excluding carboxylic acids is 1. The van der Waals surface area contributed by atoms with E-state index in [1.54, 1.807) is 13.8 Å². The minimum Gasteiger partial charge on any atom is -0.478 e.